The molecule has 0 saturated heterocycles. The molecule has 3 unspecified atom stereocenters. The van der Waals surface area contributed by atoms with Gasteiger partial charge in [0.15, 0.2) is 0 Å². The summed E-state index contributed by atoms with van der Waals surface area (Å²) in [4.78, 5) is 25.5. The van der Waals surface area contributed by atoms with E-state index in [1.165, 1.54) is 199 Å². The van der Waals surface area contributed by atoms with E-state index in [9.17, 15) is 19.4 Å². The molecular weight excluding hydrogens is 876 g/mol. The number of aliphatic hydroxyl groups is 1. The largest absolute Gasteiger partial charge is 0.756 e. The summed E-state index contributed by atoms with van der Waals surface area (Å²) < 4.78 is 23.4. The summed E-state index contributed by atoms with van der Waals surface area (Å²) in [6.45, 7) is 4.73. The molecule has 0 bridgehead atoms. The first-order valence-electron chi connectivity index (χ1n) is 29.8. The van der Waals surface area contributed by atoms with Gasteiger partial charge in [-0.2, -0.15) is 0 Å². The third-order valence-electron chi connectivity index (χ3n) is 13.6. The molecule has 0 aliphatic carbocycles. The summed E-state index contributed by atoms with van der Waals surface area (Å²) >= 11 is 0. The van der Waals surface area contributed by atoms with Gasteiger partial charge >= 0.3 is 0 Å². The van der Waals surface area contributed by atoms with Crippen LogP contribution in [0.25, 0.3) is 0 Å². The van der Waals surface area contributed by atoms with Crippen LogP contribution in [-0.4, -0.2) is 68.5 Å². The third kappa shape index (κ3) is 54.3. The Bertz CT molecular complexity index is 1220. The zero-order chi connectivity index (χ0) is 50.6. The van der Waals surface area contributed by atoms with Crippen LogP contribution >= 0.6 is 7.82 Å². The summed E-state index contributed by atoms with van der Waals surface area (Å²) in [6.07, 6.45) is 66.1. The van der Waals surface area contributed by atoms with Crippen molar-refractivity contribution in [1.29, 1.82) is 0 Å². The van der Waals surface area contributed by atoms with Crippen molar-refractivity contribution in [2.75, 3.05) is 40.9 Å². The Balaban J connectivity index is 4.16. The van der Waals surface area contributed by atoms with Crippen molar-refractivity contribution in [2.45, 2.75) is 302 Å². The normalized spacial score (nSPS) is 14.1. The molecule has 0 radical (unpaired) electrons. The molecular formula is C60H117N2O6P. The lowest BCUT2D eigenvalue weighted by molar-refractivity contribution is -0.870. The maximum Gasteiger partial charge on any atom is 0.268 e. The van der Waals surface area contributed by atoms with Gasteiger partial charge in [0.1, 0.15) is 13.2 Å². The maximum absolute atomic E-state index is 13.0. The minimum atomic E-state index is -4.58. The predicted octanol–water partition coefficient (Wildman–Crippen LogP) is 17.5. The summed E-state index contributed by atoms with van der Waals surface area (Å²) in [6, 6.07) is -0.809. The van der Waals surface area contributed by atoms with E-state index in [2.05, 4.69) is 55.6 Å². The summed E-state index contributed by atoms with van der Waals surface area (Å²) in [5.41, 5.74) is 0. The third-order valence-corrected chi connectivity index (χ3v) is 14.6. The molecule has 3 atom stereocenters. The van der Waals surface area contributed by atoms with Gasteiger partial charge in [0.2, 0.25) is 5.91 Å². The van der Waals surface area contributed by atoms with Crippen LogP contribution in [0.1, 0.15) is 290 Å². The first-order valence-corrected chi connectivity index (χ1v) is 31.3. The number of nitrogens with zero attached hydrogens (tertiary/aromatic N) is 1. The number of allylic oxidation sites excluding steroid dienone is 6. The van der Waals surface area contributed by atoms with E-state index < -0.39 is 20.0 Å². The predicted molar refractivity (Wildman–Crippen MR) is 298 cm³/mol. The quantitative estimate of drug-likeness (QED) is 0.0272. The minimum absolute atomic E-state index is 0.00932. The Hall–Kier alpha value is -1.28. The standard InChI is InChI=1S/C60H117N2O6P/c1-6-8-10-12-14-16-18-20-22-24-26-28-29-30-31-32-34-35-37-39-41-43-45-47-49-51-53-59(63)58(57-68-69(65,66)67-56-55-62(3,4)5)61-60(64)54-52-50-48-46-44-42-40-38-36-33-27-25-23-21-19-17-15-13-11-9-7-2/h19,21,25,27,36,38,58-59,63H,6-18,20,22-24,26,28-35,37,39-57H2,1-5H3,(H-,61,64,65,66)/b21-19-,27-25-,38-36-. The second-order valence-corrected chi connectivity index (χ2v) is 23.1. The van der Waals surface area contributed by atoms with E-state index in [1.807, 2.05) is 21.1 Å². The molecule has 0 aliphatic heterocycles. The molecule has 9 heteroatoms. The van der Waals surface area contributed by atoms with Crippen molar-refractivity contribution in [3.05, 3.63) is 36.5 Å². The Kier molecular flexibility index (Phi) is 50.7. The van der Waals surface area contributed by atoms with Crippen LogP contribution in [-0.2, 0) is 18.4 Å². The number of hydrogen-bond acceptors (Lipinski definition) is 6. The van der Waals surface area contributed by atoms with Crippen molar-refractivity contribution in [1.82, 2.24) is 5.32 Å². The second-order valence-electron chi connectivity index (χ2n) is 21.7. The van der Waals surface area contributed by atoms with Crippen molar-refractivity contribution >= 4 is 13.7 Å². The number of rotatable bonds is 55. The van der Waals surface area contributed by atoms with Crippen LogP contribution in [0.4, 0.5) is 0 Å². The van der Waals surface area contributed by atoms with E-state index in [1.54, 1.807) is 0 Å². The van der Waals surface area contributed by atoms with Crippen LogP contribution in [0.2, 0.25) is 0 Å². The van der Waals surface area contributed by atoms with E-state index in [0.29, 0.717) is 23.9 Å². The van der Waals surface area contributed by atoms with E-state index >= 15 is 0 Å². The van der Waals surface area contributed by atoms with Crippen molar-refractivity contribution in [3.63, 3.8) is 0 Å². The van der Waals surface area contributed by atoms with Gasteiger partial charge in [0.05, 0.1) is 39.9 Å². The van der Waals surface area contributed by atoms with E-state index in [-0.39, 0.29) is 19.1 Å². The molecule has 0 heterocycles. The average molecular weight is 994 g/mol. The van der Waals surface area contributed by atoms with Crippen molar-refractivity contribution in [2.24, 2.45) is 0 Å². The molecule has 0 aromatic carbocycles. The number of phosphoric ester groups is 1. The Morgan fingerprint density at radius 3 is 1.22 bits per heavy atom. The fourth-order valence-electron chi connectivity index (χ4n) is 8.93. The molecule has 0 rings (SSSR count). The minimum Gasteiger partial charge on any atom is -0.756 e. The van der Waals surface area contributed by atoms with Crippen LogP contribution < -0.4 is 10.2 Å². The molecule has 69 heavy (non-hydrogen) atoms. The first-order chi connectivity index (χ1) is 33.5. The number of unbranched alkanes of at least 4 members (excludes halogenated alkanes) is 36. The fraction of sp³-hybridized carbons (Fsp3) is 0.883. The fourth-order valence-corrected chi connectivity index (χ4v) is 9.66. The molecule has 8 nitrogen and oxygen atoms in total. The number of phosphoric acid groups is 1. The van der Waals surface area contributed by atoms with E-state index in [0.717, 1.165) is 64.2 Å². The van der Waals surface area contributed by atoms with Crippen LogP contribution in [0.3, 0.4) is 0 Å². The molecule has 0 spiro atoms. The lowest BCUT2D eigenvalue weighted by Crippen LogP contribution is -2.46. The van der Waals surface area contributed by atoms with Gasteiger partial charge in [-0.25, -0.2) is 0 Å². The molecule has 0 fully saturated rings. The first kappa shape index (κ1) is 67.7. The highest BCUT2D eigenvalue weighted by Gasteiger charge is 2.24. The number of carbonyl (C=O) groups is 1. The molecule has 408 valence electrons. The smallest absolute Gasteiger partial charge is 0.268 e. The van der Waals surface area contributed by atoms with Crippen molar-refractivity contribution in [3.8, 4) is 0 Å². The number of amides is 1. The molecule has 0 aromatic rings. The number of hydrogen-bond donors (Lipinski definition) is 2. The highest BCUT2D eigenvalue weighted by atomic mass is 31.2. The van der Waals surface area contributed by atoms with Crippen molar-refractivity contribution < 1.29 is 32.9 Å². The monoisotopic (exact) mass is 993 g/mol. The number of aliphatic hydroxyl groups excluding tert-OH is 1. The zero-order valence-electron chi connectivity index (χ0n) is 46.5. The molecule has 2 N–H and O–H groups in total. The SMILES string of the molecule is CCCCCCC/C=C\C/C=C\C/C=C\CCCCCCCCC(=O)NC(COP(=O)([O-])OCC[N+](C)(C)C)C(O)CCCCCCCCCCCCCCCCCCCCCCCCCCCC. The number of likely N-dealkylation sites (N-methyl/N-ethyl adjacent to an activating group) is 1. The van der Waals surface area contributed by atoms with Gasteiger partial charge in [-0.3, -0.25) is 9.36 Å². The van der Waals surface area contributed by atoms with Crippen LogP contribution in [0, 0.1) is 0 Å². The lowest BCUT2D eigenvalue weighted by Gasteiger charge is -2.30. The van der Waals surface area contributed by atoms with Gasteiger partial charge < -0.3 is 28.8 Å². The van der Waals surface area contributed by atoms with Crippen LogP contribution in [0.5, 0.6) is 0 Å². The number of nitrogens with one attached hydrogen (secondary N) is 1. The van der Waals surface area contributed by atoms with Crippen LogP contribution in [0.15, 0.2) is 36.5 Å². The van der Waals surface area contributed by atoms with Gasteiger partial charge in [-0.05, 0) is 51.4 Å². The lowest BCUT2D eigenvalue weighted by atomic mass is 10.0. The van der Waals surface area contributed by atoms with Gasteiger partial charge in [-0.15, -0.1) is 0 Å². The topological polar surface area (TPSA) is 108 Å². The summed E-state index contributed by atoms with van der Waals surface area (Å²) in [7, 11) is 1.30. The second kappa shape index (κ2) is 51.6. The maximum atomic E-state index is 13.0. The Labute approximate surface area is 429 Å². The Morgan fingerprint density at radius 2 is 0.841 bits per heavy atom. The molecule has 0 aliphatic rings. The zero-order valence-corrected chi connectivity index (χ0v) is 47.4. The average Bonchev–Trinajstić information content (AvgIpc) is 3.31. The highest BCUT2D eigenvalue weighted by Crippen LogP contribution is 2.38. The van der Waals surface area contributed by atoms with Gasteiger partial charge in [0, 0.05) is 6.42 Å². The highest BCUT2D eigenvalue weighted by molar-refractivity contribution is 7.45. The molecule has 1 amide bonds. The molecule has 0 saturated carbocycles. The summed E-state index contributed by atoms with van der Waals surface area (Å²) in [5.74, 6) is -0.174. The van der Waals surface area contributed by atoms with Gasteiger partial charge in [0.25, 0.3) is 7.82 Å². The number of carbonyl (C=O) groups excluding carboxylic acids is 1. The van der Waals surface area contributed by atoms with E-state index in [4.69, 9.17) is 9.05 Å². The Morgan fingerprint density at radius 1 is 0.507 bits per heavy atom. The number of quaternary nitrogens is 1. The van der Waals surface area contributed by atoms with Gasteiger partial charge in [-0.1, -0.05) is 269 Å². The summed E-state index contributed by atoms with van der Waals surface area (Å²) in [5, 5.41) is 14.0. The molecule has 0 aromatic heterocycles.